The quantitative estimate of drug-likeness (QED) is 0.742. The molecule has 1 amide bonds. The average Bonchev–Trinajstić information content (AvgIpc) is 2.64. The Morgan fingerprint density at radius 3 is 2.40 bits per heavy atom. The molecule has 0 aliphatic rings. The summed E-state index contributed by atoms with van der Waals surface area (Å²) < 4.78 is 0. The number of nitrogens with zero attached hydrogens (tertiary/aromatic N) is 2. The Morgan fingerprint density at radius 2 is 1.76 bits per heavy atom. The lowest BCUT2D eigenvalue weighted by molar-refractivity contribution is 0.102. The number of aryl methyl sites for hydroxylation is 2. The highest BCUT2D eigenvalue weighted by molar-refractivity contribution is 6.03. The van der Waals surface area contributed by atoms with Crippen molar-refractivity contribution >= 4 is 17.3 Å². The minimum absolute atomic E-state index is 0.214. The molecular formula is C20H20N4O. The van der Waals surface area contributed by atoms with Crippen LogP contribution in [0.15, 0.2) is 60.9 Å². The van der Waals surface area contributed by atoms with Crippen molar-refractivity contribution in [3.05, 3.63) is 83.4 Å². The molecule has 0 saturated heterocycles. The van der Waals surface area contributed by atoms with Crippen molar-refractivity contribution in [1.29, 1.82) is 0 Å². The van der Waals surface area contributed by atoms with E-state index in [9.17, 15) is 4.79 Å². The van der Waals surface area contributed by atoms with Crippen LogP contribution in [0.3, 0.4) is 0 Å². The molecule has 1 aromatic carbocycles. The summed E-state index contributed by atoms with van der Waals surface area (Å²) in [5.41, 5.74) is 5.07. The predicted molar refractivity (Wildman–Crippen MR) is 99.7 cm³/mol. The van der Waals surface area contributed by atoms with Gasteiger partial charge in [0.2, 0.25) is 0 Å². The van der Waals surface area contributed by atoms with E-state index in [2.05, 4.69) is 20.6 Å². The maximum absolute atomic E-state index is 12.4. The highest BCUT2D eigenvalue weighted by Gasteiger charge is 2.10. The number of nitrogens with one attached hydrogen (secondary N) is 2. The Balaban J connectivity index is 1.64. The van der Waals surface area contributed by atoms with Gasteiger partial charge in [0.15, 0.2) is 0 Å². The van der Waals surface area contributed by atoms with Crippen molar-refractivity contribution in [2.75, 3.05) is 10.6 Å². The van der Waals surface area contributed by atoms with E-state index in [0.717, 1.165) is 28.2 Å². The molecule has 0 saturated carbocycles. The van der Waals surface area contributed by atoms with Crippen LogP contribution in [0.2, 0.25) is 0 Å². The monoisotopic (exact) mass is 332 g/mol. The lowest BCUT2D eigenvalue weighted by Crippen LogP contribution is -2.15. The van der Waals surface area contributed by atoms with Crippen LogP contribution in [-0.2, 0) is 6.54 Å². The molecule has 2 heterocycles. The molecular weight excluding hydrogens is 312 g/mol. The zero-order valence-electron chi connectivity index (χ0n) is 14.3. The van der Waals surface area contributed by atoms with Crippen LogP contribution in [0.25, 0.3) is 0 Å². The molecule has 0 atom stereocenters. The standard InChI is InChI=1S/C20H20N4O/c1-14-6-5-7-15(2)19(14)24-20(25)18-10-9-17(13-23-18)22-12-16-8-3-4-11-21-16/h3-11,13,22H,12H2,1-2H3,(H,24,25). The van der Waals surface area contributed by atoms with Gasteiger partial charge in [-0.2, -0.15) is 0 Å². The summed E-state index contributed by atoms with van der Waals surface area (Å²) >= 11 is 0. The second-order valence-corrected chi connectivity index (χ2v) is 5.83. The highest BCUT2D eigenvalue weighted by Crippen LogP contribution is 2.20. The summed E-state index contributed by atoms with van der Waals surface area (Å²) in [7, 11) is 0. The molecule has 0 unspecified atom stereocenters. The van der Waals surface area contributed by atoms with E-state index >= 15 is 0 Å². The number of benzene rings is 1. The van der Waals surface area contributed by atoms with Gasteiger partial charge >= 0.3 is 0 Å². The van der Waals surface area contributed by atoms with Gasteiger partial charge in [-0.3, -0.25) is 9.78 Å². The van der Waals surface area contributed by atoms with Gasteiger partial charge in [0, 0.05) is 11.9 Å². The fraction of sp³-hybridized carbons (Fsp3) is 0.150. The first-order valence-corrected chi connectivity index (χ1v) is 8.11. The SMILES string of the molecule is Cc1cccc(C)c1NC(=O)c1ccc(NCc2ccccn2)cn1. The summed E-state index contributed by atoms with van der Waals surface area (Å²) in [5, 5.41) is 6.18. The number of hydrogen-bond acceptors (Lipinski definition) is 4. The Kier molecular flexibility index (Phi) is 5.04. The van der Waals surface area contributed by atoms with E-state index in [1.165, 1.54) is 0 Å². The fourth-order valence-corrected chi connectivity index (χ4v) is 2.52. The number of rotatable bonds is 5. The number of carbonyl (C=O) groups excluding carboxylic acids is 1. The molecule has 0 fully saturated rings. The second kappa shape index (κ2) is 7.57. The summed E-state index contributed by atoms with van der Waals surface area (Å²) in [6.07, 6.45) is 3.42. The van der Waals surface area contributed by atoms with Gasteiger partial charge in [-0.05, 0) is 49.2 Å². The fourth-order valence-electron chi connectivity index (χ4n) is 2.52. The number of hydrogen-bond donors (Lipinski definition) is 2. The number of aromatic nitrogens is 2. The number of pyridine rings is 2. The molecule has 25 heavy (non-hydrogen) atoms. The van der Waals surface area contributed by atoms with Crippen molar-refractivity contribution < 1.29 is 4.79 Å². The Hall–Kier alpha value is -3.21. The van der Waals surface area contributed by atoms with Crippen molar-refractivity contribution in [3.8, 4) is 0 Å². The molecule has 3 aromatic rings. The topological polar surface area (TPSA) is 66.9 Å². The van der Waals surface area contributed by atoms with Gasteiger partial charge in [0.1, 0.15) is 5.69 Å². The first-order chi connectivity index (χ1) is 12.1. The average molecular weight is 332 g/mol. The van der Waals surface area contributed by atoms with Crippen LogP contribution in [0.4, 0.5) is 11.4 Å². The van der Waals surface area contributed by atoms with Crippen LogP contribution in [-0.4, -0.2) is 15.9 Å². The molecule has 0 bridgehead atoms. The minimum atomic E-state index is -0.214. The molecule has 0 spiro atoms. The van der Waals surface area contributed by atoms with Gasteiger partial charge in [-0.15, -0.1) is 0 Å². The number of amides is 1. The van der Waals surface area contributed by atoms with Crippen molar-refractivity contribution in [3.63, 3.8) is 0 Å². The van der Waals surface area contributed by atoms with E-state index < -0.39 is 0 Å². The number of carbonyl (C=O) groups is 1. The van der Waals surface area contributed by atoms with Crippen LogP contribution < -0.4 is 10.6 Å². The van der Waals surface area contributed by atoms with Crippen LogP contribution >= 0.6 is 0 Å². The zero-order chi connectivity index (χ0) is 17.6. The normalized spacial score (nSPS) is 10.3. The lowest BCUT2D eigenvalue weighted by atomic mass is 10.1. The molecule has 0 aliphatic heterocycles. The Bertz CT molecular complexity index is 840. The van der Waals surface area contributed by atoms with E-state index in [1.807, 2.05) is 56.3 Å². The van der Waals surface area contributed by atoms with Gasteiger partial charge in [0.05, 0.1) is 24.1 Å². The Morgan fingerprint density at radius 1 is 0.960 bits per heavy atom. The van der Waals surface area contributed by atoms with Crippen molar-refractivity contribution in [1.82, 2.24) is 9.97 Å². The first-order valence-electron chi connectivity index (χ1n) is 8.11. The van der Waals surface area contributed by atoms with Gasteiger partial charge in [-0.25, -0.2) is 4.98 Å². The molecule has 126 valence electrons. The van der Waals surface area contributed by atoms with Gasteiger partial charge in [0.25, 0.3) is 5.91 Å². The number of para-hydroxylation sites is 1. The van der Waals surface area contributed by atoms with E-state index in [4.69, 9.17) is 0 Å². The summed E-state index contributed by atoms with van der Waals surface area (Å²) in [4.78, 5) is 20.9. The maximum atomic E-state index is 12.4. The van der Waals surface area contributed by atoms with Gasteiger partial charge < -0.3 is 10.6 Å². The van der Waals surface area contributed by atoms with Crippen molar-refractivity contribution in [2.24, 2.45) is 0 Å². The molecule has 2 N–H and O–H groups in total. The molecule has 3 rings (SSSR count). The third kappa shape index (κ3) is 4.20. The molecule has 2 aromatic heterocycles. The van der Waals surface area contributed by atoms with Gasteiger partial charge in [-0.1, -0.05) is 24.3 Å². The highest BCUT2D eigenvalue weighted by atomic mass is 16.1. The summed E-state index contributed by atoms with van der Waals surface area (Å²) in [6, 6.07) is 15.3. The predicted octanol–water partition coefficient (Wildman–Crippen LogP) is 3.96. The lowest BCUT2D eigenvalue weighted by Gasteiger charge is -2.11. The van der Waals surface area contributed by atoms with Crippen LogP contribution in [0.5, 0.6) is 0 Å². The number of anilines is 2. The third-order valence-electron chi connectivity index (χ3n) is 3.92. The molecule has 5 heteroatoms. The van der Waals surface area contributed by atoms with Crippen LogP contribution in [0, 0.1) is 13.8 Å². The smallest absolute Gasteiger partial charge is 0.274 e. The van der Waals surface area contributed by atoms with E-state index in [1.54, 1.807) is 18.5 Å². The van der Waals surface area contributed by atoms with Crippen LogP contribution in [0.1, 0.15) is 27.3 Å². The zero-order valence-corrected chi connectivity index (χ0v) is 14.3. The minimum Gasteiger partial charge on any atom is -0.378 e. The summed E-state index contributed by atoms with van der Waals surface area (Å²) in [6.45, 7) is 4.55. The summed E-state index contributed by atoms with van der Waals surface area (Å²) in [5.74, 6) is -0.214. The largest absolute Gasteiger partial charge is 0.378 e. The maximum Gasteiger partial charge on any atom is 0.274 e. The third-order valence-corrected chi connectivity index (χ3v) is 3.92. The van der Waals surface area contributed by atoms with Crippen molar-refractivity contribution in [2.45, 2.75) is 20.4 Å². The Labute approximate surface area is 147 Å². The first kappa shape index (κ1) is 16.6. The second-order valence-electron chi connectivity index (χ2n) is 5.83. The molecule has 5 nitrogen and oxygen atoms in total. The molecule has 0 radical (unpaired) electrons. The molecule has 0 aliphatic carbocycles. The van der Waals surface area contributed by atoms with E-state index in [0.29, 0.717) is 12.2 Å². The van der Waals surface area contributed by atoms with E-state index in [-0.39, 0.29) is 5.91 Å².